The number of fused-ring (bicyclic) bond motifs is 2. The molecule has 1 aliphatic rings. The van der Waals surface area contributed by atoms with E-state index in [0.717, 1.165) is 25.8 Å². The molecule has 1 N–H and O–H groups in total. The van der Waals surface area contributed by atoms with Crippen LogP contribution in [0.25, 0.3) is 0 Å². The van der Waals surface area contributed by atoms with Gasteiger partial charge in [0.05, 0.1) is 26.7 Å². The summed E-state index contributed by atoms with van der Waals surface area (Å²) in [7, 11) is 0. The monoisotopic (exact) mass is 361 g/mol. The molecular formula is C19H17Cl2NO2. The predicted molar refractivity (Wildman–Crippen MR) is 97.8 cm³/mol. The summed E-state index contributed by atoms with van der Waals surface area (Å²) in [5, 5.41) is 3.77. The van der Waals surface area contributed by atoms with Crippen molar-refractivity contribution in [2.24, 2.45) is 0 Å². The van der Waals surface area contributed by atoms with E-state index in [-0.39, 0.29) is 32.7 Å². The molecule has 0 aliphatic heterocycles. The molecule has 2 aromatic carbocycles. The summed E-state index contributed by atoms with van der Waals surface area (Å²) in [4.78, 5) is 25.8. The van der Waals surface area contributed by atoms with Crippen molar-refractivity contribution in [1.82, 2.24) is 0 Å². The van der Waals surface area contributed by atoms with E-state index in [1.807, 2.05) is 6.07 Å². The minimum Gasteiger partial charge on any atom is -0.384 e. The Morgan fingerprint density at radius 2 is 1.54 bits per heavy atom. The highest BCUT2D eigenvalue weighted by molar-refractivity contribution is 6.43. The minimum atomic E-state index is -0.260. The van der Waals surface area contributed by atoms with Crippen molar-refractivity contribution < 1.29 is 9.59 Å². The van der Waals surface area contributed by atoms with Crippen LogP contribution in [0.5, 0.6) is 0 Å². The van der Waals surface area contributed by atoms with Gasteiger partial charge in [-0.1, -0.05) is 55.1 Å². The molecule has 0 saturated heterocycles. The summed E-state index contributed by atoms with van der Waals surface area (Å²) in [5.74, 6) is -0.519. The molecule has 124 valence electrons. The van der Waals surface area contributed by atoms with Crippen LogP contribution >= 0.6 is 23.2 Å². The second kappa shape index (κ2) is 6.96. The van der Waals surface area contributed by atoms with E-state index >= 15 is 0 Å². The Labute approximate surface area is 151 Å². The maximum atomic E-state index is 13.0. The van der Waals surface area contributed by atoms with Gasteiger partial charge in [0.25, 0.3) is 0 Å². The summed E-state index contributed by atoms with van der Waals surface area (Å²) in [6, 6.07) is 8.35. The van der Waals surface area contributed by atoms with Crippen molar-refractivity contribution in [3.8, 4) is 0 Å². The van der Waals surface area contributed by atoms with Gasteiger partial charge in [-0.15, -0.1) is 0 Å². The second-order valence-electron chi connectivity index (χ2n) is 5.80. The zero-order chi connectivity index (χ0) is 17.3. The van der Waals surface area contributed by atoms with Crippen molar-refractivity contribution in [3.63, 3.8) is 0 Å². The quantitative estimate of drug-likeness (QED) is 0.621. The first kappa shape index (κ1) is 17.0. The lowest BCUT2D eigenvalue weighted by Crippen LogP contribution is -2.23. The van der Waals surface area contributed by atoms with Crippen molar-refractivity contribution in [2.75, 3.05) is 11.9 Å². The van der Waals surface area contributed by atoms with Gasteiger partial charge in [-0.05, 0) is 24.6 Å². The number of carbonyl (C=O) groups is 2. The van der Waals surface area contributed by atoms with Crippen LogP contribution in [0, 0.1) is 0 Å². The average Bonchev–Trinajstić information content (AvgIpc) is 2.58. The molecule has 0 unspecified atom stereocenters. The predicted octanol–water partition coefficient (Wildman–Crippen LogP) is 5.37. The fraction of sp³-hybridized carbons (Fsp3) is 0.263. The standard InChI is InChI=1S/C19H17Cl2NO2/c1-2-3-4-10-22-14-7-5-6-11-15(14)19(24)17-13(21)9-8-12(20)16(17)18(11)23/h5-9,22H,2-4,10H2,1H3. The molecule has 24 heavy (non-hydrogen) atoms. The van der Waals surface area contributed by atoms with Gasteiger partial charge in [-0.25, -0.2) is 0 Å². The van der Waals surface area contributed by atoms with E-state index in [2.05, 4.69) is 12.2 Å². The number of unbranched alkanes of at least 4 members (excludes halogenated alkanes) is 2. The lowest BCUT2D eigenvalue weighted by molar-refractivity contribution is 0.0980. The number of ketones is 2. The van der Waals surface area contributed by atoms with E-state index in [0.29, 0.717) is 16.8 Å². The van der Waals surface area contributed by atoms with E-state index in [9.17, 15) is 9.59 Å². The number of benzene rings is 2. The van der Waals surface area contributed by atoms with E-state index in [1.54, 1.807) is 24.3 Å². The number of rotatable bonds is 5. The molecule has 0 amide bonds. The second-order valence-corrected chi connectivity index (χ2v) is 6.61. The SMILES string of the molecule is CCCCCNc1cccc2c1C(=O)c1c(Cl)ccc(Cl)c1C2=O. The summed E-state index contributed by atoms with van der Waals surface area (Å²) in [5.41, 5.74) is 1.82. The molecule has 0 heterocycles. The Hall–Kier alpha value is -1.84. The zero-order valence-electron chi connectivity index (χ0n) is 13.3. The summed E-state index contributed by atoms with van der Waals surface area (Å²) in [6.07, 6.45) is 3.23. The van der Waals surface area contributed by atoms with Crippen LogP contribution in [0.15, 0.2) is 30.3 Å². The zero-order valence-corrected chi connectivity index (χ0v) is 14.8. The molecule has 0 bridgehead atoms. The first-order valence-corrected chi connectivity index (χ1v) is 8.76. The molecule has 2 aromatic rings. The minimum absolute atomic E-state index is 0.199. The van der Waals surface area contributed by atoms with Gasteiger partial charge in [-0.2, -0.15) is 0 Å². The van der Waals surface area contributed by atoms with E-state index in [1.165, 1.54) is 0 Å². The molecule has 3 nitrogen and oxygen atoms in total. The number of hydrogen-bond donors (Lipinski definition) is 1. The van der Waals surface area contributed by atoms with Gasteiger partial charge >= 0.3 is 0 Å². The van der Waals surface area contributed by atoms with Gasteiger partial charge in [0, 0.05) is 17.8 Å². The summed E-state index contributed by atoms with van der Waals surface area (Å²) < 4.78 is 0. The Morgan fingerprint density at radius 3 is 2.21 bits per heavy atom. The Morgan fingerprint density at radius 1 is 0.875 bits per heavy atom. The summed E-state index contributed by atoms with van der Waals surface area (Å²) in [6.45, 7) is 2.89. The van der Waals surface area contributed by atoms with E-state index < -0.39 is 0 Å². The molecule has 5 heteroatoms. The molecule has 3 rings (SSSR count). The van der Waals surface area contributed by atoms with Crippen molar-refractivity contribution in [3.05, 3.63) is 62.6 Å². The molecule has 1 aliphatic carbocycles. The van der Waals surface area contributed by atoms with Crippen LogP contribution in [-0.4, -0.2) is 18.1 Å². The van der Waals surface area contributed by atoms with Gasteiger partial charge < -0.3 is 5.32 Å². The highest BCUT2D eigenvalue weighted by Gasteiger charge is 2.34. The van der Waals surface area contributed by atoms with Crippen molar-refractivity contribution >= 4 is 40.5 Å². The maximum absolute atomic E-state index is 13.0. The number of nitrogens with one attached hydrogen (secondary N) is 1. The van der Waals surface area contributed by atoms with Crippen LogP contribution in [0.4, 0.5) is 5.69 Å². The Balaban J connectivity index is 2.07. The first-order valence-electron chi connectivity index (χ1n) is 8.00. The highest BCUT2D eigenvalue weighted by Crippen LogP contribution is 2.38. The Kier molecular flexibility index (Phi) is 4.93. The van der Waals surface area contributed by atoms with Crippen LogP contribution in [-0.2, 0) is 0 Å². The largest absolute Gasteiger partial charge is 0.384 e. The smallest absolute Gasteiger partial charge is 0.198 e. The average molecular weight is 362 g/mol. The number of halogens is 2. The molecule has 0 spiro atoms. The van der Waals surface area contributed by atoms with Gasteiger partial charge in [0.15, 0.2) is 11.6 Å². The van der Waals surface area contributed by atoms with Gasteiger partial charge in [0.2, 0.25) is 0 Å². The molecule has 0 fully saturated rings. The topological polar surface area (TPSA) is 46.2 Å². The third kappa shape index (κ3) is 2.83. The lowest BCUT2D eigenvalue weighted by Gasteiger charge is -2.22. The summed E-state index contributed by atoms with van der Waals surface area (Å²) >= 11 is 12.3. The normalized spacial score (nSPS) is 12.8. The third-order valence-electron chi connectivity index (χ3n) is 4.19. The van der Waals surface area contributed by atoms with Crippen LogP contribution < -0.4 is 5.32 Å². The van der Waals surface area contributed by atoms with Crippen LogP contribution in [0.1, 0.15) is 58.0 Å². The van der Waals surface area contributed by atoms with Gasteiger partial charge in [0.1, 0.15) is 0 Å². The number of carbonyl (C=O) groups excluding carboxylic acids is 2. The fourth-order valence-corrected chi connectivity index (χ4v) is 3.47. The first-order chi connectivity index (χ1) is 11.6. The highest BCUT2D eigenvalue weighted by atomic mass is 35.5. The molecule has 0 radical (unpaired) electrons. The van der Waals surface area contributed by atoms with Gasteiger partial charge in [-0.3, -0.25) is 9.59 Å². The molecule has 0 atom stereocenters. The fourth-order valence-electron chi connectivity index (χ4n) is 2.99. The maximum Gasteiger partial charge on any atom is 0.198 e. The third-order valence-corrected chi connectivity index (χ3v) is 4.82. The van der Waals surface area contributed by atoms with Crippen LogP contribution in [0.2, 0.25) is 10.0 Å². The molecule has 0 saturated carbocycles. The van der Waals surface area contributed by atoms with Crippen molar-refractivity contribution in [2.45, 2.75) is 26.2 Å². The molecular weight excluding hydrogens is 345 g/mol. The van der Waals surface area contributed by atoms with E-state index in [4.69, 9.17) is 23.2 Å². The van der Waals surface area contributed by atoms with Crippen LogP contribution in [0.3, 0.4) is 0 Å². The number of anilines is 1. The molecule has 0 aromatic heterocycles. The van der Waals surface area contributed by atoms with Crippen molar-refractivity contribution in [1.29, 1.82) is 0 Å². The number of hydrogen-bond acceptors (Lipinski definition) is 3. The lowest BCUT2D eigenvalue weighted by atomic mass is 9.83. The Bertz CT molecular complexity index is 830.